The molecule has 174 valence electrons. The highest BCUT2D eigenvalue weighted by Crippen LogP contribution is 2.30. The summed E-state index contributed by atoms with van der Waals surface area (Å²) in [5.41, 5.74) is 2.69. The Bertz CT molecular complexity index is 1260. The van der Waals surface area contributed by atoms with Crippen LogP contribution in [0.1, 0.15) is 18.4 Å². The van der Waals surface area contributed by atoms with E-state index in [9.17, 15) is 13.2 Å². The second-order valence-electron chi connectivity index (χ2n) is 7.87. The molecule has 1 amide bonds. The zero-order valence-electron chi connectivity index (χ0n) is 18.2. The molecule has 1 aromatic heterocycles. The van der Waals surface area contributed by atoms with Crippen molar-refractivity contribution in [3.63, 3.8) is 0 Å². The second-order valence-corrected chi connectivity index (χ2v) is 11.1. The van der Waals surface area contributed by atoms with E-state index in [1.807, 2.05) is 30.5 Å². The van der Waals surface area contributed by atoms with Gasteiger partial charge in [0.2, 0.25) is 15.9 Å². The molecule has 4 rings (SSSR count). The third-order valence-corrected chi connectivity index (χ3v) is 8.52. The number of nitrogens with zero attached hydrogens (tertiary/aromatic N) is 2. The number of hydrogen-bond donors (Lipinski definition) is 1. The Kier molecular flexibility index (Phi) is 7.04. The number of halogens is 1. The van der Waals surface area contributed by atoms with Gasteiger partial charge in [0, 0.05) is 29.1 Å². The minimum atomic E-state index is -3.69. The van der Waals surface area contributed by atoms with E-state index in [1.54, 1.807) is 19.2 Å². The lowest BCUT2D eigenvalue weighted by molar-refractivity contribution is -0.120. The van der Waals surface area contributed by atoms with Crippen molar-refractivity contribution in [2.45, 2.75) is 24.7 Å². The molecular weight excluding hydrogens is 482 g/mol. The number of sulfonamides is 1. The van der Waals surface area contributed by atoms with Gasteiger partial charge in [-0.3, -0.25) is 4.79 Å². The summed E-state index contributed by atoms with van der Waals surface area (Å²) in [5, 5.41) is 5.70. The summed E-state index contributed by atoms with van der Waals surface area (Å²) in [7, 11) is -2.06. The summed E-state index contributed by atoms with van der Waals surface area (Å²) < 4.78 is 32.7. The van der Waals surface area contributed by atoms with E-state index in [-0.39, 0.29) is 17.3 Å². The smallest absolute Gasteiger partial charge is 0.243 e. The van der Waals surface area contributed by atoms with Gasteiger partial charge in [0.05, 0.1) is 23.6 Å². The van der Waals surface area contributed by atoms with Gasteiger partial charge in [-0.25, -0.2) is 13.4 Å². The normalized spacial score (nSPS) is 17.0. The van der Waals surface area contributed by atoms with E-state index in [0.29, 0.717) is 29.5 Å². The first-order valence-corrected chi connectivity index (χ1v) is 13.1. The van der Waals surface area contributed by atoms with Crippen LogP contribution in [0.2, 0.25) is 5.02 Å². The number of carbonyl (C=O) groups is 1. The fourth-order valence-electron chi connectivity index (χ4n) is 3.84. The molecule has 0 saturated carbocycles. The van der Waals surface area contributed by atoms with Crippen molar-refractivity contribution in [3.8, 4) is 17.0 Å². The SMILES string of the molecule is COc1ccc(-c2csc(NC(=O)C3CCCN(S(=O)(=O)c4ccc(Cl)cc4)C3)n2)cc1C. The number of thiazole rings is 1. The van der Waals surface area contributed by atoms with Crippen molar-refractivity contribution < 1.29 is 17.9 Å². The molecule has 2 heterocycles. The van der Waals surface area contributed by atoms with Crippen LogP contribution >= 0.6 is 22.9 Å². The van der Waals surface area contributed by atoms with Crippen LogP contribution in [0.15, 0.2) is 52.7 Å². The van der Waals surface area contributed by atoms with Gasteiger partial charge in [-0.1, -0.05) is 11.6 Å². The molecule has 0 spiro atoms. The van der Waals surface area contributed by atoms with Gasteiger partial charge in [-0.15, -0.1) is 11.3 Å². The summed E-state index contributed by atoms with van der Waals surface area (Å²) in [6.07, 6.45) is 1.23. The summed E-state index contributed by atoms with van der Waals surface area (Å²) in [4.78, 5) is 17.6. The fourth-order valence-corrected chi connectivity index (χ4v) is 6.21. The maximum atomic E-state index is 13.0. The number of ether oxygens (including phenoxy) is 1. The molecule has 1 aliphatic rings. The van der Waals surface area contributed by atoms with Gasteiger partial charge < -0.3 is 10.1 Å². The highest BCUT2D eigenvalue weighted by Gasteiger charge is 2.33. The number of aromatic nitrogens is 1. The first kappa shape index (κ1) is 23.7. The standard InChI is InChI=1S/C23H24ClN3O4S2/c1-15-12-16(5-10-21(15)31-2)20-14-32-23(25-20)26-22(28)17-4-3-11-27(13-17)33(29,30)19-8-6-18(24)7-9-19/h5-10,12,14,17H,3-4,11,13H2,1-2H3,(H,25,26,28). The van der Waals surface area contributed by atoms with Crippen LogP contribution in [-0.2, 0) is 14.8 Å². The van der Waals surface area contributed by atoms with Crippen LogP contribution in [0.25, 0.3) is 11.3 Å². The summed E-state index contributed by atoms with van der Waals surface area (Å²) in [6.45, 7) is 2.48. The van der Waals surface area contributed by atoms with Gasteiger partial charge in [0.1, 0.15) is 5.75 Å². The van der Waals surface area contributed by atoms with Gasteiger partial charge in [0.25, 0.3) is 0 Å². The number of nitrogens with one attached hydrogen (secondary N) is 1. The average Bonchev–Trinajstić information content (AvgIpc) is 3.28. The lowest BCUT2D eigenvalue weighted by atomic mass is 9.99. The third kappa shape index (κ3) is 5.22. The Morgan fingerprint density at radius 3 is 2.70 bits per heavy atom. The Morgan fingerprint density at radius 2 is 2.00 bits per heavy atom. The van der Waals surface area contributed by atoms with E-state index in [0.717, 1.165) is 22.6 Å². The number of aryl methyl sites for hydroxylation is 1. The van der Waals surface area contributed by atoms with Crippen LogP contribution in [0.5, 0.6) is 5.75 Å². The molecule has 0 aliphatic carbocycles. The topological polar surface area (TPSA) is 88.6 Å². The predicted octanol–water partition coefficient (Wildman–Crippen LogP) is 4.82. The number of amides is 1. The Morgan fingerprint density at radius 1 is 1.24 bits per heavy atom. The first-order valence-electron chi connectivity index (χ1n) is 10.4. The number of benzene rings is 2. The average molecular weight is 506 g/mol. The number of methoxy groups -OCH3 is 1. The van der Waals surface area contributed by atoms with Crippen molar-refractivity contribution in [2.75, 3.05) is 25.5 Å². The molecule has 2 aromatic carbocycles. The number of anilines is 1. The summed E-state index contributed by atoms with van der Waals surface area (Å²) in [5.74, 6) is 0.132. The Labute approximate surface area is 202 Å². The fraction of sp³-hybridized carbons (Fsp3) is 0.304. The van der Waals surface area contributed by atoms with Gasteiger partial charge in [-0.05, 0) is 67.8 Å². The van der Waals surface area contributed by atoms with E-state index in [2.05, 4.69) is 10.3 Å². The number of carbonyl (C=O) groups excluding carboxylic acids is 1. The van der Waals surface area contributed by atoms with Gasteiger partial charge >= 0.3 is 0 Å². The monoisotopic (exact) mass is 505 g/mol. The molecule has 1 saturated heterocycles. The van der Waals surface area contributed by atoms with Gasteiger partial charge in [0.15, 0.2) is 5.13 Å². The molecule has 1 fully saturated rings. The van der Waals surface area contributed by atoms with E-state index in [1.165, 1.54) is 27.8 Å². The van der Waals surface area contributed by atoms with Crippen molar-refractivity contribution >= 4 is 44.0 Å². The van der Waals surface area contributed by atoms with Crippen molar-refractivity contribution in [1.82, 2.24) is 9.29 Å². The second kappa shape index (κ2) is 9.80. The third-order valence-electron chi connectivity index (χ3n) is 5.63. The minimum absolute atomic E-state index is 0.132. The molecule has 1 unspecified atom stereocenters. The van der Waals surface area contributed by atoms with Crippen LogP contribution in [0.4, 0.5) is 5.13 Å². The first-order chi connectivity index (χ1) is 15.8. The predicted molar refractivity (Wildman–Crippen MR) is 130 cm³/mol. The number of rotatable bonds is 6. The highest BCUT2D eigenvalue weighted by molar-refractivity contribution is 7.89. The van der Waals surface area contributed by atoms with Crippen LogP contribution in [-0.4, -0.2) is 43.8 Å². The van der Waals surface area contributed by atoms with Crippen molar-refractivity contribution in [1.29, 1.82) is 0 Å². The van der Waals surface area contributed by atoms with Crippen LogP contribution in [0.3, 0.4) is 0 Å². The van der Waals surface area contributed by atoms with E-state index >= 15 is 0 Å². The summed E-state index contributed by atoms with van der Waals surface area (Å²) >= 11 is 7.22. The van der Waals surface area contributed by atoms with Gasteiger partial charge in [-0.2, -0.15) is 4.31 Å². The Hall–Kier alpha value is -2.46. The molecule has 7 nitrogen and oxygen atoms in total. The van der Waals surface area contributed by atoms with Crippen molar-refractivity contribution in [3.05, 3.63) is 58.4 Å². The molecule has 10 heteroatoms. The molecule has 0 bridgehead atoms. The molecule has 1 aliphatic heterocycles. The zero-order valence-corrected chi connectivity index (χ0v) is 20.6. The molecule has 1 N–H and O–H groups in total. The largest absolute Gasteiger partial charge is 0.496 e. The molecule has 33 heavy (non-hydrogen) atoms. The van der Waals surface area contributed by atoms with Crippen LogP contribution in [0, 0.1) is 12.8 Å². The van der Waals surface area contributed by atoms with Crippen LogP contribution < -0.4 is 10.1 Å². The lowest BCUT2D eigenvalue weighted by Gasteiger charge is -2.31. The van der Waals surface area contributed by atoms with E-state index in [4.69, 9.17) is 16.3 Å². The molecular formula is C23H24ClN3O4S2. The number of hydrogen-bond acceptors (Lipinski definition) is 6. The molecule has 1 atom stereocenters. The zero-order chi connectivity index (χ0) is 23.6. The quantitative estimate of drug-likeness (QED) is 0.519. The Balaban J connectivity index is 1.44. The summed E-state index contributed by atoms with van der Waals surface area (Å²) in [6, 6.07) is 11.9. The lowest BCUT2D eigenvalue weighted by Crippen LogP contribution is -2.43. The van der Waals surface area contributed by atoms with E-state index < -0.39 is 15.9 Å². The highest BCUT2D eigenvalue weighted by atomic mass is 35.5. The molecule has 0 radical (unpaired) electrons. The maximum absolute atomic E-state index is 13.0. The number of piperidine rings is 1. The molecule has 3 aromatic rings. The van der Waals surface area contributed by atoms with Crippen molar-refractivity contribution in [2.24, 2.45) is 5.92 Å². The minimum Gasteiger partial charge on any atom is -0.496 e. The maximum Gasteiger partial charge on any atom is 0.243 e.